The number of anilines is 1. The number of halogens is 1. The first-order valence-corrected chi connectivity index (χ1v) is 14.9. The van der Waals surface area contributed by atoms with E-state index < -0.39 is 11.8 Å². The largest absolute Gasteiger partial charge is 0.372 e. The average Bonchev–Trinajstić information content (AvgIpc) is 3.39. The van der Waals surface area contributed by atoms with Crippen molar-refractivity contribution in [3.8, 4) is 0 Å². The highest BCUT2D eigenvalue weighted by molar-refractivity contribution is 6.34. The van der Waals surface area contributed by atoms with Crippen LogP contribution in [0.1, 0.15) is 40.9 Å². The molecule has 0 aliphatic rings. The maximum atomic E-state index is 13.4. The van der Waals surface area contributed by atoms with Crippen LogP contribution in [0.4, 0.5) is 5.69 Å². The summed E-state index contributed by atoms with van der Waals surface area (Å²) in [6, 6.07) is 32.8. The molecule has 5 rings (SSSR count). The number of carbonyl (C=O) groups excluding carboxylic acids is 2. The van der Waals surface area contributed by atoms with Crippen molar-refractivity contribution in [3.63, 3.8) is 0 Å². The van der Waals surface area contributed by atoms with Gasteiger partial charge in [-0.05, 0) is 61.4 Å². The number of nitrogens with one attached hydrogen (secondary N) is 2. The van der Waals surface area contributed by atoms with E-state index in [1.807, 2.05) is 66.9 Å². The summed E-state index contributed by atoms with van der Waals surface area (Å²) < 4.78 is 2.16. The van der Waals surface area contributed by atoms with Crippen LogP contribution < -0.4 is 15.6 Å². The van der Waals surface area contributed by atoms with Gasteiger partial charge in [-0.15, -0.1) is 0 Å². The molecular weight excluding hydrogens is 570 g/mol. The minimum absolute atomic E-state index is 0.0363. The second kappa shape index (κ2) is 14.4. The van der Waals surface area contributed by atoms with E-state index in [1.54, 1.807) is 36.6 Å². The Morgan fingerprint density at radius 1 is 0.864 bits per heavy atom. The number of benzene rings is 4. The van der Waals surface area contributed by atoms with Crippen molar-refractivity contribution in [3.05, 3.63) is 142 Å². The first-order valence-electron chi connectivity index (χ1n) is 14.5. The van der Waals surface area contributed by atoms with Crippen LogP contribution >= 0.6 is 11.6 Å². The number of aromatic nitrogens is 1. The van der Waals surface area contributed by atoms with Crippen LogP contribution in [0.25, 0.3) is 17.0 Å². The first kappa shape index (κ1) is 30.3. The predicted molar refractivity (Wildman–Crippen MR) is 180 cm³/mol. The molecule has 0 unspecified atom stereocenters. The lowest BCUT2D eigenvalue weighted by atomic mass is 10.1. The summed E-state index contributed by atoms with van der Waals surface area (Å²) in [5.41, 5.74) is 7.81. The highest BCUT2D eigenvalue weighted by Gasteiger charge is 2.17. The van der Waals surface area contributed by atoms with Crippen LogP contribution in [-0.4, -0.2) is 35.7 Å². The third-order valence-electron chi connectivity index (χ3n) is 7.33. The number of nitrogens with zero attached hydrogens (tertiary/aromatic N) is 3. The molecule has 0 saturated heterocycles. The molecule has 0 spiro atoms. The molecule has 0 saturated carbocycles. The van der Waals surface area contributed by atoms with E-state index in [9.17, 15) is 9.59 Å². The van der Waals surface area contributed by atoms with E-state index in [4.69, 9.17) is 11.6 Å². The standard InChI is InChI=1S/C36H34ClN5O2/c1-3-41(4-2)29-20-18-26(19-21-29)22-33(39-35(43)31-15-8-10-16-32(31)37)36(44)40-38-23-28-25-42(24-27-12-6-5-7-13-27)34-17-11-9-14-30(28)34/h5-23,25H,3-4,24H2,1-2H3,(H,39,43)(H,40,44)/b33-22-,38-23+. The van der Waals surface area contributed by atoms with Gasteiger partial charge in [0.1, 0.15) is 5.70 Å². The van der Waals surface area contributed by atoms with E-state index in [0.29, 0.717) is 11.6 Å². The SMILES string of the molecule is CCN(CC)c1ccc(/C=C(\NC(=O)c2ccccc2Cl)C(=O)N/N=C/c2cn(Cc3ccccc3)c3ccccc23)cc1. The third-order valence-corrected chi connectivity index (χ3v) is 7.66. The summed E-state index contributed by atoms with van der Waals surface area (Å²) in [6.45, 7) is 6.68. The van der Waals surface area contributed by atoms with E-state index in [-0.39, 0.29) is 11.3 Å². The van der Waals surface area contributed by atoms with E-state index in [0.717, 1.165) is 40.8 Å². The molecule has 0 aliphatic carbocycles. The van der Waals surface area contributed by atoms with Crippen molar-refractivity contribution in [1.29, 1.82) is 0 Å². The van der Waals surface area contributed by atoms with E-state index in [2.05, 4.69) is 57.4 Å². The van der Waals surface area contributed by atoms with Crippen LogP contribution in [0.5, 0.6) is 0 Å². The van der Waals surface area contributed by atoms with E-state index >= 15 is 0 Å². The Bertz CT molecular complexity index is 1810. The fourth-order valence-corrected chi connectivity index (χ4v) is 5.26. The molecule has 1 heterocycles. The zero-order valence-corrected chi connectivity index (χ0v) is 25.5. The fourth-order valence-electron chi connectivity index (χ4n) is 5.04. The number of hydrogen-bond donors (Lipinski definition) is 2. The number of fused-ring (bicyclic) bond motifs is 1. The number of amides is 2. The maximum absolute atomic E-state index is 13.4. The molecule has 7 nitrogen and oxygen atoms in total. The van der Waals surface area contributed by atoms with Crippen LogP contribution in [-0.2, 0) is 11.3 Å². The van der Waals surface area contributed by atoms with Gasteiger partial charge in [-0.2, -0.15) is 5.10 Å². The third kappa shape index (κ3) is 7.25. The second-order valence-electron chi connectivity index (χ2n) is 10.2. The molecule has 44 heavy (non-hydrogen) atoms. The molecule has 1 aromatic heterocycles. The van der Waals surface area contributed by atoms with Gasteiger partial charge in [0.25, 0.3) is 11.8 Å². The lowest BCUT2D eigenvalue weighted by molar-refractivity contribution is -0.117. The Morgan fingerprint density at radius 3 is 2.27 bits per heavy atom. The van der Waals surface area contributed by atoms with Gasteiger partial charge >= 0.3 is 0 Å². The highest BCUT2D eigenvalue weighted by Crippen LogP contribution is 2.22. The summed E-state index contributed by atoms with van der Waals surface area (Å²) in [6.07, 6.45) is 5.26. The van der Waals surface area contributed by atoms with Gasteiger partial charge in [0.15, 0.2) is 0 Å². The number of hydrazone groups is 1. The number of rotatable bonds is 11. The number of hydrogen-bond acceptors (Lipinski definition) is 4. The molecule has 2 amide bonds. The molecule has 0 bridgehead atoms. The van der Waals surface area contributed by atoms with Crippen LogP contribution in [0, 0.1) is 0 Å². The van der Waals surface area contributed by atoms with Crippen LogP contribution in [0.3, 0.4) is 0 Å². The summed E-state index contributed by atoms with van der Waals surface area (Å²) in [5.74, 6) is -1.06. The molecule has 8 heteroatoms. The monoisotopic (exact) mass is 603 g/mol. The zero-order chi connectivity index (χ0) is 30.9. The summed E-state index contributed by atoms with van der Waals surface area (Å²) in [7, 11) is 0. The van der Waals surface area contributed by atoms with Crippen molar-refractivity contribution in [2.24, 2.45) is 5.10 Å². The molecule has 4 aromatic carbocycles. The van der Waals surface area contributed by atoms with Crippen molar-refractivity contribution in [2.75, 3.05) is 18.0 Å². The molecule has 0 fully saturated rings. The Kier molecular flexibility index (Phi) is 9.89. The Morgan fingerprint density at radius 2 is 1.55 bits per heavy atom. The van der Waals surface area contributed by atoms with Gasteiger partial charge in [-0.3, -0.25) is 9.59 Å². The van der Waals surface area contributed by atoms with Gasteiger partial charge in [-0.1, -0.05) is 84.4 Å². The van der Waals surface area contributed by atoms with Crippen molar-refractivity contribution in [1.82, 2.24) is 15.3 Å². The quantitative estimate of drug-likeness (QED) is 0.0959. The lowest BCUT2D eigenvalue weighted by Crippen LogP contribution is -2.33. The Balaban J connectivity index is 1.39. The molecule has 0 atom stereocenters. The van der Waals surface area contributed by atoms with Gasteiger partial charge in [-0.25, -0.2) is 5.43 Å². The van der Waals surface area contributed by atoms with Crippen molar-refractivity contribution >= 4 is 52.3 Å². The fraction of sp³-hybridized carbons (Fsp3) is 0.139. The number of carbonyl (C=O) groups is 2. The summed E-state index contributed by atoms with van der Waals surface area (Å²) in [5, 5.41) is 8.30. The predicted octanol–water partition coefficient (Wildman–Crippen LogP) is 7.11. The molecule has 0 aliphatic heterocycles. The molecule has 0 radical (unpaired) electrons. The van der Waals surface area contributed by atoms with Gasteiger partial charge in [0, 0.05) is 48.0 Å². The van der Waals surface area contributed by atoms with Crippen LogP contribution in [0.2, 0.25) is 5.02 Å². The Labute approximate surface area is 262 Å². The lowest BCUT2D eigenvalue weighted by Gasteiger charge is -2.21. The topological polar surface area (TPSA) is 78.7 Å². The minimum Gasteiger partial charge on any atom is -0.372 e. The van der Waals surface area contributed by atoms with Crippen molar-refractivity contribution in [2.45, 2.75) is 20.4 Å². The average molecular weight is 604 g/mol. The minimum atomic E-state index is -0.567. The summed E-state index contributed by atoms with van der Waals surface area (Å²) in [4.78, 5) is 28.8. The first-order chi connectivity index (χ1) is 21.5. The number of para-hydroxylation sites is 1. The van der Waals surface area contributed by atoms with Crippen LogP contribution in [0.15, 0.2) is 120 Å². The van der Waals surface area contributed by atoms with Gasteiger partial charge < -0.3 is 14.8 Å². The Hall–Kier alpha value is -5.14. The van der Waals surface area contributed by atoms with Crippen molar-refractivity contribution < 1.29 is 9.59 Å². The smallest absolute Gasteiger partial charge is 0.287 e. The molecular formula is C36H34ClN5O2. The van der Waals surface area contributed by atoms with E-state index in [1.165, 1.54) is 5.56 Å². The highest BCUT2D eigenvalue weighted by atomic mass is 35.5. The van der Waals surface area contributed by atoms with Gasteiger partial charge in [0.05, 0.1) is 16.8 Å². The normalized spacial score (nSPS) is 11.6. The second-order valence-corrected chi connectivity index (χ2v) is 10.6. The summed E-state index contributed by atoms with van der Waals surface area (Å²) >= 11 is 6.26. The zero-order valence-electron chi connectivity index (χ0n) is 24.7. The molecule has 222 valence electrons. The van der Waals surface area contributed by atoms with Gasteiger partial charge in [0.2, 0.25) is 0 Å². The molecule has 2 N–H and O–H groups in total. The molecule has 5 aromatic rings. The maximum Gasteiger partial charge on any atom is 0.287 e.